The van der Waals surface area contributed by atoms with Crippen LogP contribution in [0.3, 0.4) is 0 Å². The van der Waals surface area contributed by atoms with Crippen molar-refractivity contribution in [1.29, 1.82) is 0 Å². The van der Waals surface area contributed by atoms with Crippen LogP contribution in [0, 0.1) is 0 Å². The Labute approximate surface area is 97.6 Å². The molecule has 1 atom stereocenters. The van der Waals surface area contributed by atoms with Crippen molar-refractivity contribution in [2.45, 2.75) is 12.2 Å². The summed E-state index contributed by atoms with van der Waals surface area (Å²) in [5, 5.41) is 11.7. The minimum atomic E-state index is 0.341. The van der Waals surface area contributed by atoms with Gasteiger partial charge in [-0.1, -0.05) is 30.1 Å². The lowest BCUT2D eigenvalue weighted by molar-refractivity contribution is 0.983. The summed E-state index contributed by atoms with van der Waals surface area (Å²) in [5.74, 6) is 0. The molecule has 0 saturated carbocycles. The Hall–Kier alpha value is -0.190. The summed E-state index contributed by atoms with van der Waals surface area (Å²) in [5.41, 5.74) is 0.729. The number of nitrogens with one attached hydrogen (secondary N) is 1. The highest BCUT2D eigenvalue weighted by molar-refractivity contribution is 7.99. The number of nitrogens with zero attached hydrogens (tertiary/aromatic N) is 2. The molecule has 14 heavy (non-hydrogen) atoms. The van der Waals surface area contributed by atoms with Crippen LogP contribution in [0.25, 0.3) is 0 Å². The SMILES string of the molecule is CSC(C)CNc1cc(Cl)nnc1Cl. The van der Waals surface area contributed by atoms with Gasteiger partial charge in [0.05, 0.1) is 5.69 Å². The molecule has 0 aliphatic rings. The van der Waals surface area contributed by atoms with Crippen LogP contribution in [-0.2, 0) is 0 Å². The maximum atomic E-state index is 5.82. The molecular weight excluding hydrogens is 241 g/mol. The van der Waals surface area contributed by atoms with Gasteiger partial charge >= 0.3 is 0 Å². The molecule has 0 aliphatic carbocycles. The van der Waals surface area contributed by atoms with Crippen LogP contribution in [0.4, 0.5) is 5.69 Å². The molecule has 0 radical (unpaired) electrons. The van der Waals surface area contributed by atoms with E-state index < -0.39 is 0 Å². The topological polar surface area (TPSA) is 37.8 Å². The van der Waals surface area contributed by atoms with Gasteiger partial charge in [0.15, 0.2) is 10.3 Å². The molecule has 0 saturated heterocycles. The Morgan fingerprint density at radius 2 is 2.21 bits per heavy atom. The first-order chi connectivity index (χ1) is 6.63. The second kappa shape index (κ2) is 5.63. The van der Waals surface area contributed by atoms with Gasteiger partial charge in [-0.3, -0.25) is 0 Å². The van der Waals surface area contributed by atoms with Crippen molar-refractivity contribution >= 4 is 40.7 Å². The number of hydrogen-bond acceptors (Lipinski definition) is 4. The molecule has 1 aromatic rings. The molecule has 78 valence electrons. The van der Waals surface area contributed by atoms with E-state index in [1.165, 1.54) is 0 Å². The molecule has 1 rings (SSSR count). The minimum absolute atomic E-state index is 0.341. The van der Waals surface area contributed by atoms with Gasteiger partial charge in [0.1, 0.15) is 0 Å². The monoisotopic (exact) mass is 251 g/mol. The molecule has 1 N–H and O–H groups in total. The Bertz CT molecular complexity index is 309. The first kappa shape index (κ1) is 11.9. The van der Waals surface area contributed by atoms with Crippen molar-refractivity contribution in [3.63, 3.8) is 0 Å². The van der Waals surface area contributed by atoms with Gasteiger partial charge in [0, 0.05) is 17.9 Å². The summed E-state index contributed by atoms with van der Waals surface area (Å²) < 4.78 is 0. The van der Waals surface area contributed by atoms with E-state index in [2.05, 4.69) is 28.7 Å². The fourth-order valence-electron chi connectivity index (χ4n) is 0.814. The quantitative estimate of drug-likeness (QED) is 0.894. The molecule has 3 nitrogen and oxygen atoms in total. The van der Waals surface area contributed by atoms with E-state index in [4.69, 9.17) is 23.2 Å². The highest BCUT2D eigenvalue weighted by Crippen LogP contribution is 2.21. The fourth-order valence-corrected chi connectivity index (χ4v) is 1.37. The number of rotatable bonds is 4. The average molecular weight is 252 g/mol. The zero-order chi connectivity index (χ0) is 10.6. The molecule has 1 unspecified atom stereocenters. The summed E-state index contributed by atoms with van der Waals surface area (Å²) in [6.45, 7) is 2.95. The zero-order valence-corrected chi connectivity index (χ0v) is 10.2. The summed E-state index contributed by atoms with van der Waals surface area (Å²) in [6, 6.07) is 1.67. The smallest absolute Gasteiger partial charge is 0.174 e. The number of thioether (sulfide) groups is 1. The van der Waals surface area contributed by atoms with Crippen molar-refractivity contribution < 1.29 is 0 Å². The molecule has 1 heterocycles. The molecular formula is C8H11Cl2N3S. The maximum Gasteiger partial charge on any atom is 0.174 e. The third kappa shape index (κ3) is 3.52. The van der Waals surface area contributed by atoms with Crippen molar-refractivity contribution in [2.24, 2.45) is 0 Å². The summed E-state index contributed by atoms with van der Waals surface area (Å²) in [4.78, 5) is 0. The number of aromatic nitrogens is 2. The van der Waals surface area contributed by atoms with Gasteiger partial charge in [-0.25, -0.2) is 0 Å². The second-order valence-corrected chi connectivity index (χ2v) is 4.82. The molecule has 6 heteroatoms. The van der Waals surface area contributed by atoms with Crippen LogP contribution in [-0.4, -0.2) is 28.2 Å². The van der Waals surface area contributed by atoms with E-state index in [0.717, 1.165) is 12.2 Å². The van der Waals surface area contributed by atoms with E-state index >= 15 is 0 Å². The van der Waals surface area contributed by atoms with Crippen LogP contribution in [0.5, 0.6) is 0 Å². The van der Waals surface area contributed by atoms with Crippen molar-refractivity contribution in [2.75, 3.05) is 18.1 Å². The predicted octanol–water partition coefficient (Wildman–Crippen LogP) is 2.95. The van der Waals surface area contributed by atoms with E-state index in [-0.39, 0.29) is 0 Å². The lowest BCUT2D eigenvalue weighted by atomic mass is 10.4. The molecule has 0 aromatic carbocycles. The lowest BCUT2D eigenvalue weighted by Gasteiger charge is -2.11. The molecule has 0 spiro atoms. The molecule has 1 aromatic heterocycles. The minimum Gasteiger partial charge on any atom is -0.381 e. The standard InChI is InChI=1S/C8H11Cl2N3S/c1-5(14-2)4-11-6-3-7(9)12-13-8(6)10/h3,5H,4H2,1-2H3,(H,11,12). The van der Waals surface area contributed by atoms with Gasteiger partial charge in [0.25, 0.3) is 0 Å². The largest absolute Gasteiger partial charge is 0.381 e. The van der Waals surface area contributed by atoms with E-state index in [1.807, 2.05) is 0 Å². The Morgan fingerprint density at radius 3 is 2.86 bits per heavy atom. The van der Waals surface area contributed by atoms with Gasteiger partial charge in [-0.05, 0) is 6.26 Å². The lowest BCUT2D eigenvalue weighted by Crippen LogP contribution is -2.13. The van der Waals surface area contributed by atoms with Crippen LogP contribution < -0.4 is 5.32 Å². The second-order valence-electron chi connectivity index (χ2n) is 2.80. The van der Waals surface area contributed by atoms with Crippen LogP contribution >= 0.6 is 35.0 Å². The maximum absolute atomic E-state index is 5.82. The van der Waals surface area contributed by atoms with Gasteiger partial charge in [0.2, 0.25) is 0 Å². The van der Waals surface area contributed by atoms with Crippen LogP contribution in [0.1, 0.15) is 6.92 Å². The van der Waals surface area contributed by atoms with E-state index in [1.54, 1.807) is 17.8 Å². The number of hydrogen-bond donors (Lipinski definition) is 1. The highest BCUT2D eigenvalue weighted by Gasteiger charge is 2.05. The Morgan fingerprint density at radius 1 is 1.50 bits per heavy atom. The number of anilines is 1. The summed E-state index contributed by atoms with van der Waals surface area (Å²) >= 11 is 13.3. The Balaban J connectivity index is 2.62. The molecule has 0 fully saturated rings. The van der Waals surface area contributed by atoms with Crippen molar-refractivity contribution in [1.82, 2.24) is 10.2 Å². The number of halogens is 2. The van der Waals surface area contributed by atoms with Gasteiger partial charge in [-0.15, -0.1) is 10.2 Å². The fraction of sp³-hybridized carbons (Fsp3) is 0.500. The van der Waals surface area contributed by atoms with E-state index in [9.17, 15) is 0 Å². The zero-order valence-electron chi connectivity index (χ0n) is 7.92. The van der Waals surface area contributed by atoms with Crippen LogP contribution in [0.2, 0.25) is 10.3 Å². The van der Waals surface area contributed by atoms with Crippen molar-refractivity contribution in [3.05, 3.63) is 16.4 Å². The normalized spacial score (nSPS) is 12.6. The van der Waals surface area contributed by atoms with Crippen molar-refractivity contribution in [3.8, 4) is 0 Å². The summed E-state index contributed by atoms with van der Waals surface area (Å²) in [6.07, 6.45) is 2.06. The van der Waals surface area contributed by atoms with E-state index in [0.29, 0.717) is 15.6 Å². The molecule has 0 bridgehead atoms. The first-order valence-corrected chi connectivity index (χ1v) is 6.13. The Kier molecular flexibility index (Phi) is 4.78. The molecule has 0 aliphatic heterocycles. The van der Waals surface area contributed by atoms with Gasteiger partial charge < -0.3 is 5.32 Å². The average Bonchev–Trinajstić information content (AvgIpc) is 2.19. The third-order valence-electron chi connectivity index (χ3n) is 1.70. The summed E-state index contributed by atoms with van der Waals surface area (Å²) in [7, 11) is 0. The van der Waals surface area contributed by atoms with Gasteiger partial charge in [-0.2, -0.15) is 11.8 Å². The highest BCUT2D eigenvalue weighted by atomic mass is 35.5. The van der Waals surface area contributed by atoms with Crippen LogP contribution in [0.15, 0.2) is 6.07 Å². The predicted molar refractivity (Wildman–Crippen MR) is 63.5 cm³/mol. The third-order valence-corrected chi connectivity index (χ3v) is 3.14. The molecule has 0 amide bonds. The first-order valence-electron chi connectivity index (χ1n) is 4.09.